The molecule has 0 aliphatic heterocycles. The fraction of sp³-hybridized carbons (Fsp3) is 0.273. The van der Waals surface area contributed by atoms with E-state index < -0.39 is 0 Å². The van der Waals surface area contributed by atoms with Crippen LogP contribution in [0.5, 0.6) is 0 Å². The highest BCUT2D eigenvalue weighted by Crippen LogP contribution is 1.96. The monoisotopic (exact) mass is 221 g/mol. The van der Waals surface area contributed by atoms with Crippen LogP contribution in [-0.4, -0.2) is 24.9 Å². The Morgan fingerprint density at radius 3 is 2.38 bits per heavy atom. The van der Waals surface area contributed by atoms with Crippen LogP contribution in [0.1, 0.15) is 5.56 Å². The summed E-state index contributed by atoms with van der Waals surface area (Å²) in [6, 6.07) is 9.54. The number of amides is 2. The largest absolute Gasteiger partial charge is 0.350 e. The Labute approximate surface area is 94.0 Å². The first-order valence-electron chi connectivity index (χ1n) is 4.99. The van der Waals surface area contributed by atoms with Crippen LogP contribution in [0.3, 0.4) is 0 Å². The molecule has 1 aromatic carbocycles. The summed E-state index contributed by atoms with van der Waals surface area (Å²) in [5, 5.41) is 5.08. The lowest BCUT2D eigenvalue weighted by Crippen LogP contribution is -2.39. The van der Waals surface area contributed by atoms with Crippen molar-refractivity contribution < 1.29 is 9.59 Å². The minimum absolute atomic E-state index is 0.0388. The van der Waals surface area contributed by atoms with Gasteiger partial charge in [0.15, 0.2) is 0 Å². The Morgan fingerprint density at radius 2 is 1.75 bits per heavy atom. The normalized spacial score (nSPS) is 9.56. The number of rotatable bonds is 5. The van der Waals surface area contributed by atoms with Gasteiger partial charge in [0, 0.05) is 6.54 Å². The Balaban J connectivity index is 2.23. The summed E-state index contributed by atoms with van der Waals surface area (Å²) >= 11 is 0. The fourth-order valence-corrected chi connectivity index (χ4v) is 1.11. The number of hydrogen-bond donors (Lipinski definition) is 3. The maximum Gasteiger partial charge on any atom is 0.239 e. The first-order valence-corrected chi connectivity index (χ1v) is 4.99. The molecular weight excluding hydrogens is 206 g/mol. The Kier molecular flexibility index (Phi) is 5.01. The molecule has 0 aliphatic carbocycles. The smallest absolute Gasteiger partial charge is 0.239 e. The number of carbonyl (C=O) groups is 2. The SMILES string of the molecule is NCC(=O)NCC(=O)NCc1ccccc1. The summed E-state index contributed by atoms with van der Waals surface area (Å²) in [5.41, 5.74) is 6.09. The van der Waals surface area contributed by atoms with Crippen LogP contribution in [0.2, 0.25) is 0 Å². The zero-order chi connectivity index (χ0) is 11.8. The van der Waals surface area contributed by atoms with Gasteiger partial charge >= 0.3 is 0 Å². The highest BCUT2D eigenvalue weighted by molar-refractivity contribution is 5.85. The van der Waals surface area contributed by atoms with E-state index in [1.54, 1.807) is 0 Å². The van der Waals surface area contributed by atoms with E-state index in [2.05, 4.69) is 10.6 Å². The van der Waals surface area contributed by atoms with Crippen molar-refractivity contribution in [2.24, 2.45) is 5.73 Å². The predicted molar refractivity (Wildman–Crippen MR) is 60.4 cm³/mol. The minimum atomic E-state index is -0.338. The second-order valence-electron chi connectivity index (χ2n) is 3.24. The molecule has 0 aliphatic rings. The summed E-state index contributed by atoms with van der Waals surface area (Å²) in [6.07, 6.45) is 0. The highest BCUT2D eigenvalue weighted by atomic mass is 16.2. The average Bonchev–Trinajstić information content (AvgIpc) is 2.34. The van der Waals surface area contributed by atoms with Crippen molar-refractivity contribution in [1.29, 1.82) is 0 Å². The molecule has 1 aromatic rings. The summed E-state index contributed by atoms with van der Waals surface area (Å²) in [5.74, 6) is -0.569. The third-order valence-corrected chi connectivity index (χ3v) is 1.96. The molecule has 0 bridgehead atoms. The first-order chi connectivity index (χ1) is 7.72. The van der Waals surface area contributed by atoms with Crippen LogP contribution in [0.25, 0.3) is 0 Å². The van der Waals surface area contributed by atoms with E-state index in [0.717, 1.165) is 5.56 Å². The summed E-state index contributed by atoms with van der Waals surface area (Å²) in [4.78, 5) is 22.0. The minimum Gasteiger partial charge on any atom is -0.350 e. The van der Waals surface area contributed by atoms with Gasteiger partial charge in [0.25, 0.3) is 0 Å². The highest BCUT2D eigenvalue weighted by Gasteiger charge is 2.02. The number of carbonyl (C=O) groups excluding carboxylic acids is 2. The van der Waals surface area contributed by atoms with Gasteiger partial charge in [-0.05, 0) is 5.56 Å². The quantitative estimate of drug-likeness (QED) is 0.619. The summed E-state index contributed by atoms with van der Waals surface area (Å²) < 4.78 is 0. The number of hydrogen-bond acceptors (Lipinski definition) is 3. The molecule has 0 unspecified atom stereocenters. The third-order valence-electron chi connectivity index (χ3n) is 1.96. The fourth-order valence-electron chi connectivity index (χ4n) is 1.11. The van der Waals surface area contributed by atoms with E-state index in [4.69, 9.17) is 5.73 Å². The predicted octanol–water partition coefficient (Wildman–Crippen LogP) is -0.622. The number of nitrogens with two attached hydrogens (primary N) is 1. The average molecular weight is 221 g/mol. The van der Waals surface area contributed by atoms with Crippen molar-refractivity contribution in [1.82, 2.24) is 10.6 Å². The molecule has 16 heavy (non-hydrogen) atoms. The van der Waals surface area contributed by atoms with Gasteiger partial charge in [0.1, 0.15) is 0 Å². The van der Waals surface area contributed by atoms with Crippen LogP contribution in [0.15, 0.2) is 30.3 Å². The Bertz CT molecular complexity index is 352. The van der Waals surface area contributed by atoms with Gasteiger partial charge in [0.05, 0.1) is 13.1 Å². The van der Waals surface area contributed by atoms with Crippen molar-refractivity contribution in [3.8, 4) is 0 Å². The second-order valence-corrected chi connectivity index (χ2v) is 3.24. The van der Waals surface area contributed by atoms with E-state index >= 15 is 0 Å². The topological polar surface area (TPSA) is 84.2 Å². The van der Waals surface area contributed by atoms with Crippen LogP contribution >= 0.6 is 0 Å². The van der Waals surface area contributed by atoms with E-state index in [0.29, 0.717) is 6.54 Å². The molecule has 0 fully saturated rings. The van der Waals surface area contributed by atoms with Crippen molar-refractivity contribution >= 4 is 11.8 Å². The molecule has 5 nitrogen and oxygen atoms in total. The maximum absolute atomic E-state index is 11.3. The standard InChI is InChI=1S/C11H15N3O2/c12-6-10(15)14-8-11(16)13-7-9-4-2-1-3-5-9/h1-5H,6-8,12H2,(H,13,16)(H,14,15). The van der Waals surface area contributed by atoms with E-state index in [1.807, 2.05) is 30.3 Å². The summed E-state index contributed by atoms with van der Waals surface area (Å²) in [6.45, 7) is 0.313. The van der Waals surface area contributed by atoms with Crippen LogP contribution in [0, 0.1) is 0 Å². The summed E-state index contributed by atoms with van der Waals surface area (Å²) in [7, 11) is 0. The lowest BCUT2D eigenvalue weighted by molar-refractivity contribution is -0.125. The van der Waals surface area contributed by atoms with Crippen molar-refractivity contribution in [2.75, 3.05) is 13.1 Å². The molecule has 0 radical (unpaired) electrons. The molecule has 0 saturated carbocycles. The molecule has 4 N–H and O–H groups in total. The number of benzene rings is 1. The Hall–Kier alpha value is -1.88. The molecule has 86 valence electrons. The maximum atomic E-state index is 11.3. The molecule has 5 heteroatoms. The van der Waals surface area contributed by atoms with Crippen molar-refractivity contribution in [3.05, 3.63) is 35.9 Å². The number of nitrogens with one attached hydrogen (secondary N) is 2. The van der Waals surface area contributed by atoms with Gasteiger partial charge in [-0.15, -0.1) is 0 Å². The van der Waals surface area contributed by atoms with Gasteiger partial charge in [-0.1, -0.05) is 30.3 Å². The molecule has 0 saturated heterocycles. The molecule has 1 rings (SSSR count). The molecular formula is C11H15N3O2. The van der Waals surface area contributed by atoms with Crippen molar-refractivity contribution in [3.63, 3.8) is 0 Å². The van der Waals surface area contributed by atoms with E-state index in [-0.39, 0.29) is 24.9 Å². The van der Waals surface area contributed by atoms with Crippen LogP contribution < -0.4 is 16.4 Å². The van der Waals surface area contributed by atoms with Gasteiger partial charge in [-0.25, -0.2) is 0 Å². The third kappa shape index (κ3) is 4.56. The van der Waals surface area contributed by atoms with Crippen LogP contribution in [0.4, 0.5) is 0 Å². The molecule has 0 atom stereocenters. The van der Waals surface area contributed by atoms with Gasteiger partial charge in [-0.2, -0.15) is 0 Å². The van der Waals surface area contributed by atoms with E-state index in [9.17, 15) is 9.59 Å². The lowest BCUT2D eigenvalue weighted by Gasteiger charge is -2.06. The van der Waals surface area contributed by atoms with Gasteiger partial charge in [0.2, 0.25) is 11.8 Å². The second kappa shape index (κ2) is 6.58. The molecule has 0 heterocycles. The molecule has 0 aromatic heterocycles. The lowest BCUT2D eigenvalue weighted by atomic mass is 10.2. The van der Waals surface area contributed by atoms with Gasteiger partial charge < -0.3 is 16.4 Å². The molecule has 2 amide bonds. The molecule has 0 spiro atoms. The van der Waals surface area contributed by atoms with E-state index in [1.165, 1.54) is 0 Å². The van der Waals surface area contributed by atoms with Crippen molar-refractivity contribution in [2.45, 2.75) is 6.54 Å². The zero-order valence-corrected chi connectivity index (χ0v) is 8.90. The zero-order valence-electron chi connectivity index (χ0n) is 8.90. The van der Waals surface area contributed by atoms with Gasteiger partial charge in [-0.3, -0.25) is 9.59 Å². The van der Waals surface area contributed by atoms with Crippen LogP contribution in [-0.2, 0) is 16.1 Å². The Morgan fingerprint density at radius 1 is 1.06 bits per heavy atom. The first kappa shape index (κ1) is 12.2.